The minimum absolute atomic E-state index is 0.0377. The predicted molar refractivity (Wildman–Crippen MR) is 60.9 cm³/mol. The normalized spacial score (nSPS) is 14.3. The first-order valence-electron chi connectivity index (χ1n) is 4.37. The average Bonchev–Trinajstić information content (AvgIpc) is 2.17. The molecular formula is C10H12BrNO3. The van der Waals surface area contributed by atoms with Gasteiger partial charge in [-0.25, -0.2) is 4.79 Å². The molecule has 0 aliphatic rings. The zero-order chi connectivity index (χ0) is 11.5. The lowest BCUT2D eigenvalue weighted by Crippen LogP contribution is -2.41. The molecule has 0 saturated carbocycles. The summed E-state index contributed by atoms with van der Waals surface area (Å²) >= 11 is 3.29. The monoisotopic (exact) mass is 273 g/mol. The lowest BCUT2D eigenvalue weighted by atomic mass is 10.1. The average molecular weight is 274 g/mol. The van der Waals surface area contributed by atoms with Gasteiger partial charge in [0.25, 0.3) is 0 Å². The summed E-state index contributed by atoms with van der Waals surface area (Å²) in [6, 6.07) is 7.25. The maximum atomic E-state index is 10.6. The van der Waals surface area contributed by atoms with Crippen molar-refractivity contribution in [3.8, 4) is 0 Å². The Kier molecular flexibility index (Phi) is 3.71. The number of benzene rings is 1. The molecule has 0 bridgehead atoms. The van der Waals surface area contributed by atoms with E-state index in [4.69, 9.17) is 5.11 Å². The van der Waals surface area contributed by atoms with Crippen molar-refractivity contribution < 1.29 is 15.0 Å². The summed E-state index contributed by atoms with van der Waals surface area (Å²) in [5, 5.41) is 20.9. The number of hydrogen-bond acceptors (Lipinski definition) is 3. The van der Waals surface area contributed by atoms with E-state index >= 15 is 0 Å². The van der Waals surface area contributed by atoms with E-state index < -0.39 is 11.6 Å². The summed E-state index contributed by atoms with van der Waals surface area (Å²) < 4.78 is 0.943. The number of carboxylic acids is 1. The summed E-state index contributed by atoms with van der Waals surface area (Å²) in [6.07, 6.45) is 0. The number of carboxylic acid groups (broad SMARTS) is 1. The molecule has 0 aromatic heterocycles. The van der Waals surface area contributed by atoms with Crippen LogP contribution in [0.4, 0.5) is 5.69 Å². The molecule has 1 aromatic carbocycles. The molecular weight excluding hydrogens is 262 g/mol. The lowest BCUT2D eigenvalue weighted by Gasteiger charge is -2.18. The van der Waals surface area contributed by atoms with E-state index in [1.165, 1.54) is 6.92 Å². The molecule has 0 aliphatic heterocycles. The number of halogens is 1. The molecule has 82 valence electrons. The molecule has 0 heterocycles. The molecule has 0 aliphatic carbocycles. The summed E-state index contributed by atoms with van der Waals surface area (Å²) in [4.78, 5) is 10.6. The Balaban J connectivity index is 2.57. The summed E-state index contributed by atoms with van der Waals surface area (Å²) in [7, 11) is 0. The predicted octanol–water partition coefficient (Wildman–Crippen LogP) is 1.70. The molecule has 1 rings (SSSR count). The van der Waals surface area contributed by atoms with Crippen molar-refractivity contribution in [2.45, 2.75) is 12.5 Å². The van der Waals surface area contributed by atoms with Crippen molar-refractivity contribution in [3.05, 3.63) is 28.7 Å². The number of aliphatic hydroxyl groups is 1. The highest BCUT2D eigenvalue weighted by atomic mass is 79.9. The highest BCUT2D eigenvalue weighted by molar-refractivity contribution is 9.10. The van der Waals surface area contributed by atoms with Gasteiger partial charge >= 0.3 is 5.97 Å². The van der Waals surface area contributed by atoms with Gasteiger partial charge in [0.05, 0.1) is 6.54 Å². The summed E-state index contributed by atoms with van der Waals surface area (Å²) in [5.41, 5.74) is -0.993. The molecule has 1 atom stereocenters. The first-order valence-corrected chi connectivity index (χ1v) is 5.16. The fraction of sp³-hybridized carbons (Fsp3) is 0.300. The van der Waals surface area contributed by atoms with Crippen LogP contribution >= 0.6 is 15.9 Å². The van der Waals surface area contributed by atoms with Crippen molar-refractivity contribution in [1.82, 2.24) is 0 Å². The Morgan fingerprint density at radius 3 is 2.47 bits per heavy atom. The summed E-state index contributed by atoms with van der Waals surface area (Å²) in [6.45, 7) is 1.21. The van der Waals surface area contributed by atoms with Crippen molar-refractivity contribution in [2.75, 3.05) is 11.9 Å². The number of hydrogen-bond donors (Lipinski definition) is 3. The fourth-order valence-electron chi connectivity index (χ4n) is 0.918. The Bertz CT molecular complexity index is 348. The molecule has 0 radical (unpaired) electrons. The van der Waals surface area contributed by atoms with Crippen LogP contribution in [0.3, 0.4) is 0 Å². The Labute approximate surface area is 96.1 Å². The maximum absolute atomic E-state index is 10.6. The van der Waals surface area contributed by atoms with Gasteiger partial charge in [-0.3, -0.25) is 0 Å². The van der Waals surface area contributed by atoms with Crippen molar-refractivity contribution in [3.63, 3.8) is 0 Å². The lowest BCUT2D eigenvalue weighted by molar-refractivity contribution is -0.155. The van der Waals surface area contributed by atoms with Crippen LogP contribution in [0.5, 0.6) is 0 Å². The van der Waals surface area contributed by atoms with Crippen LogP contribution in [-0.2, 0) is 4.79 Å². The Morgan fingerprint density at radius 1 is 1.47 bits per heavy atom. The highest BCUT2D eigenvalue weighted by Crippen LogP contribution is 2.15. The first-order chi connectivity index (χ1) is 6.92. The highest BCUT2D eigenvalue weighted by Gasteiger charge is 2.29. The largest absolute Gasteiger partial charge is 0.479 e. The van der Waals surface area contributed by atoms with Gasteiger partial charge in [0.1, 0.15) is 0 Å². The van der Waals surface area contributed by atoms with Gasteiger partial charge in [0, 0.05) is 10.2 Å². The molecule has 5 heteroatoms. The molecule has 0 spiro atoms. The molecule has 3 N–H and O–H groups in total. The van der Waals surface area contributed by atoms with Crippen LogP contribution < -0.4 is 5.32 Å². The second-order valence-electron chi connectivity index (χ2n) is 3.44. The van der Waals surface area contributed by atoms with Gasteiger partial charge in [0.15, 0.2) is 5.60 Å². The maximum Gasteiger partial charge on any atom is 0.337 e. The third kappa shape index (κ3) is 3.53. The van der Waals surface area contributed by atoms with E-state index in [1.54, 1.807) is 12.1 Å². The van der Waals surface area contributed by atoms with E-state index in [1.807, 2.05) is 12.1 Å². The number of nitrogens with one attached hydrogen (secondary N) is 1. The third-order valence-electron chi connectivity index (χ3n) is 1.94. The van der Waals surface area contributed by atoms with Crippen LogP contribution in [0, 0.1) is 0 Å². The fourth-order valence-corrected chi connectivity index (χ4v) is 1.18. The van der Waals surface area contributed by atoms with Crippen molar-refractivity contribution in [1.29, 1.82) is 0 Å². The number of rotatable bonds is 4. The first kappa shape index (κ1) is 12.0. The summed E-state index contributed by atoms with van der Waals surface area (Å²) in [5.74, 6) is -1.24. The minimum atomic E-state index is -1.76. The van der Waals surface area contributed by atoms with Gasteiger partial charge in [-0.1, -0.05) is 15.9 Å². The molecule has 15 heavy (non-hydrogen) atoms. The van der Waals surface area contributed by atoms with Gasteiger partial charge in [-0.15, -0.1) is 0 Å². The standard InChI is InChI=1S/C10H12BrNO3/c1-10(15,9(13)14)6-12-8-4-2-7(11)3-5-8/h2-5,12,15H,6H2,1H3,(H,13,14). The van der Waals surface area contributed by atoms with Crippen LogP contribution in [0.25, 0.3) is 0 Å². The minimum Gasteiger partial charge on any atom is -0.479 e. The van der Waals surface area contributed by atoms with Gasteiger partial charge in [-0.05, 0) is 31.2 Å². The third-order valence-corrected chi connectivity index (χ3v) is 2.47. The number of anilines is 1. The van der Waals surface area contributed by atoms with Crippen molar-refractivity contribution in [2.24, 2.45) is 0 Å². The quantitative estimate of drug-likeness (QED) is 0.781. The molecule has 1 unspecified atom stereocenters. The zero-order valence-corrected chi connectivity index (χ0v) is 9.78. The second-order valence-corrected chi connectivity index (χ2v) is 4.36. The van der Waals surface area contributed by atoms with E-state index in [-0.39, 0.29) is 6.54 Å². The number of aliphatic carboxylic acids is 1. The Hall–Kier alpha value is -1.07. The van der Waals surface area contributed by atoms with Crippen LogP contribution in [0.1, 0.15) is 6.92 Å². The molecule has 0 amide bonds. The van der Waals surface area contributed by atoms with E-state index in [9.17, 15) is 9.90 Å². The van der Waals surface area contributed by atoms with E-state index in [0.717, 1.165) is 10.2 Å². The molecule has 1 aromatic rings. The smallest absolute Gasteiger partial charge is 0.337 e. The van der Waals surface area contributed by atoms with Crippen LogP contribution in [-0.4, -0.2) is 28.3 Å². The topological polar surface area (TPSA) is 69.6 Å². The van der Waals surface area contributed by atoms with Crippen LogP contribution in [0.15, 0.2) is 28.7 Å². The van der Waals surface area contributed by atoms with Crippen molar-refractivity contribution >= 4 is 27.6 Å². The zero-order valence-electron chi connectivity index (χ0n) is 8.20. The van der Waals surface area contributed by atoms with Gasteiger partial charge in [-0.2, -0.15) is 0 Å². The van der Waals surface area contributed by atoms with Crippen LogP contribution in [0.2, 0.25) is 0 Å². The number of carbonyl (C=O) groups is 1. The molecule has 4 nitrogen and oxygen atoms in total. The Morgan fingerprint density at radius 2 is 2.00 bits per heavy atom. The second kappa shape index (κ2) is 4.63. The SMILES string of the molecule is CC(O)(CNc1ccc(Br)cc1)C(=O)O. The molecule has 0 fully saturated rings. The molecule has 0 saturated heterocycles. The van der Waals surface area contributed by atoms with Gasteiger partial charge in [0.2, 0.25) is 0 Å². The van der Waals surface area contributed by atoms with E-state index in [2.05, 4.69) is 21.2 Å². The van der Waals surface area contributed by atoms with Gasteiger partial charge < -0.3 is 15.5 Å². The van der Waals surface area contributed by atoms with E-state index in [0.29, 0.717) is 0 Å².